The molecule has 23 heavy (non-hydrogen) atoms. The van der Waals surface area contributed by atoms with E-state index in [1.165, 1.54) is 19.3 Å². The van der Waals surface area contributed by atoms with Crippen LogP contribution in [0.15, 0.2) is 42.6 Å². The van der Waals surface area contributed by atoms with Crippen LogP contribution in [0.5, 0.6) is 0 Å². The third-order valence-corrected chi connectivity index (χ3v) is 4.41. The average molecular weight is 330 g/mol. The van der Waals surface area contributed by atoms with Crippen molar-refractivity contribution in [2.45, 2.75) is 19.3 Å². The molecule has 1 aromatic carbocycles. The van der Waals surface area contributed by atoms with E-state index in [4.69, 9.17) is 11.6 Å². The number of likely N-dealkylation sites (tertiary alicyclic amines) is 1. The second-order valence-electron chi connectivity index (χ2n) is 5.78. The molecule has 1 aliphatic heterocycles. The highest BCUT2D eigenvalue weighted by atomic mass is 35.5. The van der Waals surface area contributed by atoms with Crippen molar-refractivity contribution < 1.29 is 4.79 Å². The van der Waals surface area contributed by atoms with Crippen LogP contribution in [0, 0.1) is 0 Å². The van der Waals surface area contributed by atoms with E-state index < -0.39 is 0 Å². The first-order valence-electron chi connectivity index (χ1n) is 7.91. The van der Waals surface area contributed by atoms with E-state index >= 15 is 0 Å². The summed E-state index contributed by atoms with van der Waals surface area (Å²) in [5.41, 5.74) is 1.37. The molecular weight excluding hydrogens is 310 g/mol. The number of nitrogens with zero attached hydrogens (tertiary/aromatic N) is 3. The summed E-state index contributed by atoms with van der Waals surface area (Å²) in [6.45, 7) is 2.02. The van der Waals surface area contributed by atoms with Crippen LogP contribution in [0.1, 0.15) is 29.8 Å². The molecule has 0 atom stereocenters. The Bertz CT molecular complexity index is 715. The van der Waals surface area contributed by atoms with Gasteiger partial charge in [-0.2, -0.15) is 0 Å². The molecule has 0 N–H and O–H groups in total. The van der Waals surface area contributed by atoms with Gasteiger partial charge in [-0.25, -0.2) is 4.98 Å². The maximum Gasteiger partial charge on any atom is 0.206 e. The highest BCUT2D eigenvalue weighted by molar-refractivity contribution is 6.33. The first-order valence-corrected chi connectivity index (χ1v) is 8.29. The monoisotopic (exact) mass is 329 g/mol. The van der Waals surface area contributed by atoms with Gasteiger partial charge < -0.3 is 9.47 Å². The summed E-state index contributed by atoms with van der Waals surface area (Å²) in [5, 5.41) is 0.250. The zero-order valence-corrected chi connectivity index (χ0v) is 14.0. The minimum absolute atomic E-state index is 0.113. The van der Waals surface area contributed by atoms with E-state index in [1.54, 1.807) is 10.6 Å². The second kappa shape index (κ2) is 7.01. The van der Waals surface area contributed by atoms with Crippen molar-refractivity contribution in [3.05, 3.63) is 53.5 Å². The van der Waals surface area contributed by atoms with Gasteiger partial charge in [0.2, 0.25) is 5.78 Å². The molecular formula is C18H20ClN3O. The number of ketones is 1. The summed E-state index contributed by atoms with van der Waals surface area (Å²) in [6, 6.07) is 9.74. The lowest BCUT2D eigenvalue weighted by Crippen LogP contribution is -2.24. The molecule has 0 aliphatic carbocycles. The van der Waals surface area contributed by atoms with E-state index in [0.29, 0.717) is 11.5 Å². The van der Waals surface area contributed by atoms with Crippen LogP contribution in [0.4, 0.5) is 0 Å². The Labute approximate surface area is 141 Å². The predicted octanol–water partition coefficient (Wildman–Crippen LogP) is 3.92. The number of allylic oxidation sites excluding steroid dienone is 1. The van der Waals surface area contributed by atoms with Gasteiger partial charge in [0.25, 0.3) is 0 Å². The van der Waals surface area contributed by atoms with Crippen LogP contribution in [-0.2, 0) is 7.05 Å². The molecule has 0 amide bonds. The largest absolute Gasteiger partial charge is 0.377 e. The lowest BCUT2D eigenvalue weighted by molar-refractivity contribution is 0.103. The van der Waals surface area contributed by atoms with Crippen LogP contribution in [0.2, 0.25) is 5.15 Å². The molecule has 0 bridgehead atoms. The smallest absolute Gasteiger partial charge is 0.206 e. The highest BCUT2D eigenvalue weighted by Gasteiger charge is 2.19. The number of benzene rings is 1. The number of carbonyl (C=O) groups is 1. The summed E-state index contributed by atoms with van der Waals surface area (Å²) >= 11 is 6.22. The Morgan fingerprint density at radius 3 is 2.57 bits per heavy atom. The van der Waals surface area contributed by atoms with Crippen molar-refractivity contribution in [1.29, 1.82) is 0 Å². The first-order chi connectivity index (χ1) is 11.2. The van der Waals surface area contributed by atoms with Crippen molar-refractivity contribution in [3.8, 4) is 11.4 Å². The normalized spacial score (nSPS) is 15.3. The number of aromatic nitrogens is 2. The summed E-state index contributed by atoms with van der Waals surface area (Å²) in [7, 11) is 1.82. The number of hydrogen-bond acceptors (Lipinski definition) is 3. The van der Waals surface area contributed by atoms with Crippen molar-refractivity contribution >= 4 is 17.4 Å². The summed E-state index contributed by atoms with van der Waals surface area (Å²) in [6.07, 6.45) is 7.12. The molecule has 120 valence electrons. The van der Waals surface area contributed by atoms with Gasteiger partial charge in [-0.15, -0.1) is 0 Å². The van der Waals surface area contributed by atoms with Crippen LogP contribution in [-0.4, -0.2) is 33.3 Å². The van der Waals surface area contributed by atoms with Gasteiger partial charge in [-0.1, -0.05) is 41.9 Å². The van der Waals surface area contributed by atoms with Crippen LogP contribution in [0.25, 0.3) is 11.4 Å². The van der Waals surface area contributed by atoms with Gasteiger partial charge in [0.15, 0.2) is 5.15 Å². The standard InChI is InChI=1S/C18H20ClN3O/c1-21-16(15(23)10-13-22-11-6-3-7-12-22)17(19)20-18(21)14-8-4-2-5-9-14/h2,4-5,8-10,13H,3,6-7,11-12H2,1H3. The lowest BCUT2D eigenvalue weighted by Gasteiger charge is -2.24. The predicted molar refractivity (Wildman–Crippen MR) is 92.5 cm³/mol. The molecule has 0 saturated carbocycles. The minimum atomic E-state index is -0.113. The number of rotatable bonds is 4. The molecule has 3 rings (SSSR count). The first kappa shape index (κ1) is 15.8. The number of piperidine rings is 1. The number of imidazole rings is 1. The zero-order valence-electron chi connectivity index (χ0n) is 13.2. The molecule has 5 heteroatoms. The molecule has 0 unspecified atom stereocenters. The van der Waals surface area contributed by atoms with Gasteiger partial charge in [-0.05, 0) is 19.3 Å². The van der Waals surface area contributed by atoms with Crippen molar-refractivity contribution in [2.24, 2.45) is 7.05 Å². The van der Waals surface area contributed by atoms with Crippen molar-refractivity contribution in [2.75, 3.05) is 13.1 Å². The molecule has 2 aromatic rings. The molecule has 0 spiro atoms. The Morgan fingerprint density at radius 1 is 1.17 bits per heavy atom. The third kappa shape index (κ3) is 3.48. The number of carbonyl (C=O) groups excluding carboxylic acids is 1. The van der Waals surface area contributed by atoms with E-state index in [9.17, 15) is 4.79 Å². The topological polar surface area (TPSA) is 38.1 Å². The van der Waals surface area contributed by atoms with E-state index in [0.717, 1.165) is 18.7 Å². The quantitative estimate of drug-likeness (QED) is 0.630. The fourth-order valence-corrected chi connectivity index (χ4v) is 3.20. The number of hydrogen-bond donors (Lipinski definition) is 0. The van der Waals surface area contributed by atoms with Crippen molar-refractivity contribution in [1.82, 2.24) is 14.5 Å². The number of halogens is 1. The van der Waals surface area contributed by atoms with Crippen molar-refractivity contribution in [3.63, 3.8) is 0 Å². The highest BCUT2D eigenvalue weighted by Crippen LogP contribution is 2.25. The third-order valence-electron chi connectivity index (χ3n) is 4.15. The SMILES string of the molecule is Cn1c(-c2ccccc2)nc(Cl)c1C(=O)C=CN1CCCCC1. The Balaban J connectivity index is 1.83. The van der Waals surface area contributed by atoms with Gasteiger partial charge in [0.05, 0.1) is 0 Å². The van der Waals surface area contributed by atoms with Crippen LogP contribution >= 0.6 is 11.6 Å². The average Bonchev–Trinajstić information content (AvgIpc) is 2.89. The molecule has 1 saturated heterocycles. The fourth-order valence-electron chi connectivity index (χ4n) is 2.90. The molecule has 0 radical (unpaired) electrons. The maximum absolute atomic E-state index is 12.5. The Kier molecular flexibility index (Phi) is 4.82. The van der Waals surface area contributed by atoms with Gasteiger partial charge in [0.1, 0.15) is 11.5 Å². The fraction of sp³-hybridized carbons (Fsp3) is 0.333. The van der Waals surface area contributed by atoms with Crippen LogP contribution in [0.3, 0.4) is 0 Å². The van der Waals surface area contributed by atoms with E-state index in [1.807, 2.05) is 43.6 Å². The Morgan fingerprint density at radius 2 is 1.87 bits per heavy atom. The Hall–Kier alpha value is -2.07. The maximum atomic E-state index is 12.5. The molecule has 2 heterocycles. The van der Waals surface area contributed by atoms with E-state index in [-0.39, 0.29) is 10.9 Å². The van der Waals surface area contributed by atoms with Gasteiger partial charge in [-0.3, -0.25) is 4.79 Å². The molecule has 1 fully saturated rings. The van der Waals surface area contributed by atoms with Gasteiger partial charge in [0, 0.05) is 38.0 Å². The lowest BCUT2D eigenvalue weighted by atomic mass is 10.1. The molecule has 4 nitrogen and oxygen atoms in total. The summed E-state index contributed by atoms with van der Waals surface area (Å²) < 4.78 is 1.76. The second-order valence-corrected chi connectivity index (χ2v) is 6.13. The van der Waals surface area contributed by atoms with Gasteiger partial charge >= 0.3 is 0 Å². The van der Waals surface area contributed by atoms with Crippen LogP contribution < -0.4 is 0 Å². The molecule has 1 aromatic heterocycles. The zero-order chi connectivity index (χ0) is 16.2. The minimum Gasteiger partial charge on any atom is -0.377 e. The van der Waals surface area contributed by atoms with E-state index in [2.05, 4.69) is 9.88 Å². The summed E-state index contributed by atoms with van der Waals surface area (Å²) in [4.78, 5) is 19.1. The molecule has 1 aliphatic rings. The summed E-state index contributed by atoms with van der Waals surface area (Å²) in [5.74, 6) is 0.586.